The quantitative estimate of drug-likeness (QED) is 0.927. The number of rotatable bonds is 4. The number of hydrogen-bond acceptors (Lipinski definition) is 2. The average molecular weight is 338 g/mol. The molecule has 0 radical (unpaired) electrons. The van der Waals surface area contributed by atoms with Crippen molar-refractivity contribution in [2.24, 2.45) is 5.73 Å². The van der Waals surface area contributed by atoms with Crippen molar-refractivity contribution >= 4 is 21.8 Å². The molecule has 2 aromatic rings. The van der Waals surface area contributed by atoms with E-state index in [0.29, 0.717) is 22.4 Å². The van der Waals surface area contributed by atoms with E-state index in [1.54, 1.807) is 24.3 Å². The van der Waals surface area contributed by atoms with Gasteiger partial charge in [-0.3, -0.25) is 4.79 Å². The van der Waals surface area contributed by atoms with E-state index in [1.807, 2.05) is 6.92 Å². The Kier molecular flexibility index (Phi) is 4.39. The first-order valence-electron chi connectivity index (χ1n) is 5.94. The summed E-state index contributed by atoms with van der Waals surface area (Å²) >= 11 is 3.24. The van der Waals surface area contributed by atoms with Gasteiger partial charge in [-0.05, 0) is 64.3 Å². The molecule has 3 nitrogen and oxygen atoms in total. The number of hydrogen-bond donors (Lipinski definition) is 1. The number of benzene rings is 2. The van der Waals surface area contributed by atoms with Crippen LogP contribution in [-0.4, -0.2) is 5.91 Å². The molecule has 0 heterocycles. The summed E-state index contributed by atoms with van der Waals surface area (Å²) in [5.74, 6) is -0.224. The number of primary amides is 1. The maximum atomic E-state index is 13.0. The van der Waals surface area contributed by atoms with Crippen molar-refractivity contribution in [1.29, 1.82) is 0 Å². The molecular formula is C15H13BrFNO2. The van der Waals surface area contributed by atoms with Crippen LogP contribution in [0.1, 0.15) is 21.5 Å². The van der Waals surface area contributed by atoms with E-state index in [0.717, 1.165) is 11.1 Å². The number of halogens is 2. The Bertz CT molecular complexity index is 658. The Morgan fingerprint density at radius 3 is 2.65 bits per heavy atom. The lowest BCUT2D eigenvalue weighted by atomic mass is 10.1. The topological polar surface area (TPSA) is 52.3 Å². The van der Waals surface area contributed by atoms with Crippen LogP contribution in [0.2, 0.25) is 0 Å². The predicted octanol–water partition coefficient (Wildman–Crippen LogP) is 3.57. The largest absolute Gasteiger partial charge is 0.488 e. The molecule has 0 aliphatic carbocycles. The molecule has 20 heavy (non-hydrogen) atoms. The van der Waals surface area contributed by atoms with Crippen LogP contribution in [0.5, 0.6) is 5.75 Å². The Morgan fingerprint density at radius 2 is 2.05 bits per heavy atom. The summed E-state index contributed by atoms with van der Waals surface area (Å²) in [6.07, 6.45) is 0. The molecule has 0 aromatic heterocycles. The van der Waals surface area contributed by atoms with Gasteiger partial charge in [0.25, 0.3) is 0 Å². The average Bonchev–Trinajstić information content (AvgIpc) is 2.38. The molecule has 0 saturated heterocycles. The first-order chi connectivity index (χ1) is 9.47. The molecule has 0 unspecified atom stereocenters. The first kappa shape index (κ1) is 14.5. The molecule has 0 bridgehead atoms. The van der Waals surface area contributed by atoms with Crippen molar-refractivity contribution in [3.8, 4) is 5.75 Å². The third-order valence-corrected chi connectivity index (χ3v) is 3.52. The second-order valence-corrected chi connectivity index (χ2v) is 5.22. The van der Waals surface area contributed by atoms with Gasteiger partial charge in [-0.1, -0.05) is 6.07 Å². The molecule has 0 spiro atoms. The van der Waals surface area contributed by atoms with Crippen molar-refractivity contribution < 1.29 is 13.9 Å². The van der Waals surface area contributed by atoms with E-state index in [2.05, 4.69) is 15.9 Å². The molecule has 0 saturated carbocycles. The van der Waals surface area contributed by atoms with Gasteiger partial charge in [-0.25, -0.2) is 4.39 Å². The minimum Gasteiger partial charge on any atom is -0.488 e. The third-order valence-electron chi connectivity index (χ3n) is 2.90. The van der Waals surface area contributed by atoms with Crippen LogP contribution in [-0.2, 0) is 6.61 Å². The second kappa shape index (κ2) is 6.05. The number of carbonyl (C=O) groups is 1. The second-order valence-electron chi connectivity index (χ2n) is 4.37. The van der Waals surface area contributed by atoms with Gasteiger partial charge in [0.15, 0.2) is 0 Å². The molecule has 0 atom stereocenters. The fraction of sp³-hybridized carbons (Fsp3) is 0.133. The smallest absolute Gasteiger partial charge is 0.248 e. The van der Waals surface area contributed by atoms with Gasteiger partial charge in [0.2, 0.25) is 5.91 Å². The number of aryl methyl sites for hydroxylation is 1. The van der Waals surface area contributed by atoms with Crippen molar-refractivity contribution in [3.05, 3.63) is 63.4 Å². The van der Waals surface area contributed by atoms with Gasteiger partial charge < -0.3 is 10.5 Å². The monoisotopic (exact) mass is 337 g/mol. The number of amides is 1. The lowest BCUT2D eigenvalue weighted by Crippen LogP contribution is -2.11. The molecule has 0 aliphatic heterocycles. The van der Waals surface area contributed by atoms with Crippen LogP contribution >= 0.6 is 15.9 Å². The maximum absolute atomic E-state index is 13.0. The molecule has 0 aliphatic rings. The minimum atomic E-state index is -0.457. The highest BCUT2D eigenvalue weighted by molar-refractivity contribution is 9.10. The van der Waals surface area contributed by atoms with Crippen LogP contribution in [0.15, 0.2) is 40.9 Å². The predicted molar refractivity (Wildman–Crippen MR) is 78.1 cm³/mol. The fourth-order valence-electron chi connectivity index (χ4n) is 1.76. The zero-order valence-corrected chi connectivity index (χ0v) is 12.4. The summed E-state index contributed by atoms with van der Waals surface area (Å²) in [5.41, 5.74) is 7.54. The molecule has 2 rings (SSSR count). The highest BCUT2D eigenvalue weighted by Gasteiger charge is 2.07. The molecule has 0 fully saturated rings. The third kappa shape index (κ3) is 3.36. The minimum absolute atomic E-state index is 0.328. The highest BCUT2D eigenvalue weighted by Crippen LogP contribution is 2.26. The van der Waals surface area contributed by atoms with Crippen LogP contribution in [0.4, 0.5) is 4.39 Å². The first-order valence-corrected chi connectivity index (χ1v) is 6.74. The van der Waals surface area contributed by atoms with Gasteiger partial charge in [-0.2, -0.15) is 0 Å². The van der Waals surface area contributed by atoms with Crippen LogP contribution in [0.25, 0.3) is 0 Å². The maximum Gasteiger partial charge on any atom is 0.248 e. The summed E-state index contributed by atoms with van der Waals surface area (Å²) in [4.78, 5) is 11.1. The van der Waals surface area contributed by atoms with E-state index in [-0.39, 0.29) is 5.82 Å². The van der Waals surface area contributed by atoms with Crippen molar-refractivity contribution in [2.75, 3.05) is 0 Å². The van der Waals surface area contributed by atoms with Crippen molar-refractivity contribution in [1.82, 2.24) is 0 Å². The van der Waals surface area contributed by atoms with Crippen LogP contribution in [0, 0.1) is 12.7 Å². The van der Waals surface area contributed by atoms with Gasteiger partial charge in [0.05, 0.1) is 4.47 Å². The zero-order chi connectivity index (χ0) is 14.7. The lowest BCUT2D eigenvalue weighted by molar-refractivity contribution is 0.1000. The van der Waals surface area contributed by atoms with Crippen LogP contribution in [0.3, 0.4) is 0 Å². The summed E-state index contributed by atoms with van der Waals surface area (Å²) in [6.45, 7) is 2.21. The SMILES string of the molecule is Cc1cc(C(N)=O)ccc1COc1ccc(F)cc1Br. The van der Waals surface area contributed by atoms with E-state index in [9.17, 15) is 9.18 Å². The van der Waals surface area contributed by atoms with Crippen molar-refractivity contribution in [3.63, 3.8) is 0 Å². The lowest BCUT2D eigenvalue weighted by Gasteiger charge is -2.11. The molecule has 2 aromatic carbocycles. The Morgan fingerprint density at radius 1 is 1.30 bits per heavy atom. The number of ether oxygens (including phenoxy) is 1. The Labute approximate surface area is 124 Å². The zero-order valence-electron chi connectivity index (χ0n) is 10.8. The summed E-state index contributed by atoms with van der Waals surface area (Å²) in [7, 11) is 0. The summed E-state index contributed by atoms with van der Waals surface area (Å²) in [5, 5.41) is 0. The molecule has 2 N–H and O–H groups in total. The van der Waals surface area contributed by atoms with E-state index >= 15 is 0 Å². The molecule has 5 heteroatoms. The van der Waals surface area contributed by atoms with Crippen molar-refractivity contribution in [2.45, 2.75) is 13.5 Å². The Balaban J connectivity index is 2.13. The van der Waals surface area contributed by atoms with Gasteiger partial charge >= 0.3 is 0 Å². The highest BCUT2D eigenvalue weighted by atomic mass is 79.9. The molecule has 1 amide bonds. The standard InChI is InChI=1S/C15H13BrFNO2/c1-9-6-10(15(18)19)2-3-11(9)8-20-14-5-4-12(17)7-13(14)16/h2-7H,8H2,1H3,(H2,18,19). The Hall–Kier alpha value is -1.88. The summed E-state index contributed by atoms with van der Waals surface area (Å²) < 4.78 is 19.2. The van der Waals surface area contributed by atoms with E-state index in [4.69, 9.17) is 10.5 Å². The van der Waals surface area contributed by atoms with Crippen LogP contribution < -0.4 is 10.5 Å². The number of nitrogens with two attached hydrogens (primary N) is 1. The fourth-order valence-corrected chi connectivity index (χ4v) is 2.22. The van der Waals surface area contributed by atoms with Gasteiger partial charge in [-0.15, -0.1) is 0 Å². The number of carbonyl (C=O) groups excluding carboxylic acids is 1. The van der Waals surface area contributed by atoms with E-state index < -0.39 is 5.91 Å². The van der Waals surface area contributed by atoms with E-state index in [1.165, 1.54) is 12.1 Å². The molecule has 104 valence electrons. The summed E-state index contributed by atoms with van der Waals surface area (Å²) in [6, 6.07) is 9.43. The van der Waals surface area contributed by atoms with Gasteiger partial charge in [0, 0.05) is 5.56 Å². The molecular weight excluding hydrogens is 325 g/mol. The van der Waals surface area contributed by atoms with Gasteiger partial charge in [0.1, 0.15) is 18.2 Å². The normalized spacial score (nSPS) is 10.3.